The van der Waals surface area contributed by atoms with Gasteiger partial charge in [0.2, 0.25) is 0 Å². The third-order valence-corrected chi connectivity index (χ3v) is 3.74. The van der Waals surface area contributed by atoms with Crippen molar-refractivity contribution in [3.05, 3.63) is 29.3 Å². The van der Waals surface area contributed by atoms with Crippen LogP contribution in [0.5, 0.6) is 5.75 Å². The SMILES string of the molecule is Cc1ccc(C(=O)N(C)CC2CCCC2)c(O)c1. The first-order valence-corrected chi connectivity index (χ1v) is 6.63. The lowest BCUT2D eigenvalue weighted by Gasteiger charge is -2.21. The van der Waals surface area contributed by atoms with Gasteiger partial charge in [0.15, 0.2) is 0 Å². The number of nitrogens with zero attached hydrogens (tertiary/aromatic N) is 1. The predicted octanol–water partition coefficient (Wildman–Crippen LogP) is 2.96. The molecule has 1 aliphatic carbocycles. The third kappa shape index (κ3) is 2.84. The number of phenolic OH excluding ortho intramolecular Hbond substituents is 1. The van der Waals surface area contributed by atoms with Gasteiger partial charge in [0.05, 0.1) is 5.56 Å². The quantitative estimate of drug-likeness (QED) is 0.892. The predicted molar refractivity (Wildman–Crippen MR) is 71.8 cm³/mol. The van der Waals surface area contributed by atoms with Crippen molar-refractivity contribution in [2.75, 3.05) is 13.6 Å². The molecular weight excluding hydrogens is 226 g/mol. The largest absolute Gasteiger partial charge is 0.507 e. The average molecular weight is 247 g/mol. The van der Waals surface area contributed by atoms with Crippen molar-refractivity contribution in [2.24, 2.45) is 5.92 Å². The van der Waals surface area contributed by atoms with Gasteiger partial charge in [-0.1, -0.05) is 18.9 Å². The van der Waals surface area contributed by atoms with Gasteiger partial charge in [-0.15, -0.1) is 0 Å². The molecule has 0 aromatic heterocycles. The summed E-state index contributed by atoms with van der Waals surface area (Å²) in [5, 5.41) is 9.82. The van der Waals surface area contributed by atoms with Crippen molar-refractivity contribution >= 4 is 5.91 Å². The number of hydrogen-bond donors (Lipinski definition) is 1. The van der Waals surface area contributed by atoms with Gasteiger partial charge in [0, 0.05) is 13.6 Å². The van der Waals surface area contributed by atoms with Crippen LogP contribution < -0.4 is 0 Å². The Bertz CT molecular complexity index is 436. The summed E-state index contributed by atoms with van der Waals surface area (Å²) in [5.41, 5.74) is 1.36. The molecule has 3 nitrogen and oxygen atoms in total. The molecule has 1 aromatic rings. The molecule has 1 aliphatic rings. The van der Waals surface area contributed by atoms with Crippen LogP contribution in [0.25, 0.3) is 0 Å². The van der Waals surface area contributed by atoms with E-state index in [1.807, 2.05) is 20.0 Å². The zero-order valence-corrected chi connectivity index (χ0v) is 11.1. The molecule has 1 aromatic carbocycles. The lowest BCUT2D eigenvalue weighted by atomic mass is 10.1. The normalized spacial score (nSPS) is 15.9. The number of amides is 1. The molecular formula is C15H21NO2. The number of carbonyl (C=O) groups excluding carboxylic acids is 1. The van der Waals surface area contributed by atoms with Gasteiger partial charge in [-0.05, 0) is 43.4 Å². The Labute approximate surface area is 108 Å². The molecule has 18 heavy (non-hydrogen) atoms. The van der Waals surface area contributed by atoms with E-state index in [4.69, 9.17) is 0 Å². The fourth-order valence-corrected chi connectivity index (χ4v) is 2.69. The third-order valence-electron chi connectivity index (χ3n) is 3.74. The van der Waals surface area contributed by atoms with Gasteiger partial charge < -0.3 is 10.0 Å². The van der Waals surface area contributed by atoms with Gasteiger partial charge in [-0.25, -0.2) is 0 Å². The molecule has 0 bridgehead atoms. The van der Waals surface area contributed by atoms with Crippen LogP contribution in [0.3, 0.4) is 0 Å². The van der Waals surface area contributed by atoms with E-state index >= 15 is 0 Å². The minimum atomic E-state index is -0.0839. The standard InChI is InChI=1S/C15H21NO2/c1-11-7-8-13(14(17)9-11)15(18)16(2)10-12-5-3-4-6-12/h7-9,12,17H,3-6,10H2,1-2H3. The fraction of sp³-hybridized carbons (Fsp3) is 0.533. The molecule has 1 saturated carbocycles. The molecule has 1 N–H and O–H groups in total. The van der Waals surface area contributed by atoms with E-state index in [0.717, 1.165) is 12.1 Å². The first kappa shape index (κ1) is 12.9. The Morgan fingerprint density at radius 1 is 1.39 bits per heavy atom. The molecule has 0 unspecified atom stereocenters. The molecule has 98 valence electrons. The second-order valence-electron chi connectivity index (χ2n) is 5.36. The van der Waals surface area contributed by atoms with Crippen LogP contribution in [0.1, 0.15) is 41.6 Å². The van der Waals surface area contributed by atoms with Crippen molar-refractivity contribution in [3.63, 3.8) is 0 Å². The van der Waals surface area contributed by atoms with Crippen LogP contribution in [-0.4, -0.2) is 29.5 Å². The summed E-state index contributed by atoms with van der Waals surface area (Å²) in [5.74, 6) is 0.629. The molecule has 0 atom stereocenters. The van der Waals surface area contributed by atoms with Crippen molar-refractivity contribution in [2.45, 2.75) is 32.6 Å². The lowest BCUT2D eigenvalue weighted by molar-refractivity contribution is 0.0770. The zero-order valence-electron chi connectivity index (χ0n) is 11.1. The van der Waals surface area contributed by atoms with E-state index < -0.39 is 0 Å². The molecule has 3 heteroatoms. The number of phenols is 1. The van der Waals surface area contributed by atoms with E-state index in [0.29, 0.717) is 11.5 Å². The smallest absolute Gasteiger partial charge is 0.257 e. The second-order valence-corrected chi connectivity index (χ2v) is 5.36. The number of aromatic hydroxyl groups is 1. The zero-order chi connectivity index (χ0) is 13.1. The molecule has 1 fully saturated rings. The van der Waals surface area contributed by atoms with Crippen LogP contribution in [0, 0.1) is 12.8 Å². The Kier molecular flexibility index (Phi) is 3.90. The number of carbonyl (C=O) groups is 1. The highest BCUT2D eigenvalue weighted by Crippen LogP contribution is 2.26. The van der Waals surface area contributed by atoms with E-state index in [1.54, 1.807) is 17.0 Å². The summed E-state index contributed by atoms with van der Waals surface area (Å²) in [6.07, 6.45) is 5.00. The molecule has 2 rings (SSSR count). The second kappa shape index (κ2) is 5.42. The summed E-state index contributed by atoms with van der Waals surface area (Å²) in [7, 11) is 1.82. The summed E-state index contributed by atoms with van der Waals surface area (Å²) in [6, 6.07) is 5.20. The molecule has 0 radical (unpaired) electrons. The van der Waals surface area contributed by atoms with Crippen molar-refractivity contribution in [1.82, 2.24) is 4.90 Å². The summed E-state index contributed by atoms with van der Waals surface area (Å²) in [4.78, 5) is 14.0. The molecule has 0 heterocycles. The average Bonchev–Trinajstić information content (AvgIpc) is 2.81. The molecule has 0 saturated heterocycles. The summed E-state index contributed by atoms with van der Waals surface area (Å²) in [6.45, 7) is 2.70. The first-order chi connectivity index (χ1) is 8.58. The van der Waals surface area contributed by atoms with Crippen LogP contribution in [0.4, 0.5) is 0 Å². The van der Waals surface area contributed by atoms with E-state index in [2.05, 4.69) is 0 Å². The van der Waals surface area contributed by atoms with Crippen molar-refractivity contribution < 1.29 is 9.90 Å². The summed E-state index contributed by atoms with van der Waals surface area (Å²) < 4.78 is 0. The number of aryl methyl sites for hydroxylation is 1. The monoisotopic (exact) mass is 247 g/mol. The van der Waals surface area contributed by atoms with Crippen molar-refractivity contribution in [3.8, 4) is 5.75 Å². The Hall–Kier alpha value is -1.51. The Morgan fingerprint density at radius 2 is 2.06 bits per heavy atom. The van der Waals surface area contributed by atoms with Crippen LogP contribution in [0.15, 0.2) is 18.2 Å². The topological polar surface area (TPSA) is 40.5 Å². The van der Waals surface area contributed by atoms with Gasteiger partial charge in [-0.3, -0.25) is 4.79 Å². The van der Waals surface area contributed by atoms with Crippen LogP contribution in [0.2, 0.25) is 0 Å². The van der Waals surface area contributed by atoms with Crippen LogP contribution >= 0.6 is 0 Å². The number of hydrogen-bond acceptors (Lipinski definition) is 2. The van der Waals surface area contributed by atoms with Gasteiger partial charge in [0.25, 0.3) is 5.91 Å². The molecule has 1 amide bonds. The Balaban J connectivity index is 2.05. The van der Waals surface area contributed by atoms with E-state index in [1.165, 1.54) is 25.7 Å². The highest BCUT2D eigenvalue weighted by atomic mass is 16.3. The van der Waals surface area contributed by atoms with Gasteiger partial charge in [-0.2, -0.15) is 0 Å². The highest BCUT2D eigenvalue weighted by Gasteiger charge is 2.21. The highest BCUT2D eigenvalue weighted by molar-refractivity contribution is 5.96. The Morgan fingerprint density at radius 3 is 2.67 bits per heavy atom. The lowest BCUT2D eigenvalue weighted by Crippen LogP contribution is -2.31. The number of rotatable bonds is 3. The maximum absolute atomic E-state index is 12.2. The maximum atomic E-state index is 12.2. The summed E-state index contributed by atoms with van der Waals surface area (Å²) >= 11 is 0. The minimum absolute atomic E-state index is 0.0817. The maximum Gasteiger partial charge on any atom is 0.257 e. The minimum Gasteiger partial charge on any atom is -0.507 e. The number of benzene rings is 1. The van der Waals surface area contributed by atoms with Gasteiger partial charge >= 0.3 is 0 Å². The fourth-order valence-electron chi connectivity index (χ4n) is 2.69. The first-order valence-electron chi connectivity index (χ1n) is 6.63. The van der Waals surface area contributed by atoms with Crippen LogP contribution in [-0.2, 0) is 0 Å². The molecule has 0 aliphatic heterocycles. The van der Waals surface area contributed by atoms with E-state index in [-0.39, 0.29) is 11.7 Å². The van der Waals surface area contributed by atoms with E-state index in [9.17, 15) is 9.90 Å². The van der Waals surface area contributed by atoms with Crippen molar-refractivity contribution in [1.29, 1.82) is 0 Å². The van der Waals surface area contributed by atoms with Gasteiger partial charge in [0.1, 0.15) is 5.75 Å². The molecule has 0 spiro atoms.